The molecule has 0 spiro atoms. The Kier molecular flexibility index (Phi) is 2.06. The van der Waals surface area contributed by atoms with Crippen molar-refractivity contribution in [2.45, 2.75) is 32.7 Å². The number of nitrogens with one attached hydrogen (secondary N) is 1. The van der Waals surface area contributed by atoms with Gasteiger partial charge in [0.2, 0.25) is 5.91 Å². The minimum atomic E-state index is 0.194. The van der Waals surface area contributed by atoms with Gasteiger partial charge in [0.1, 0.15) is 0 Å². The summed E-state index contributed by atoms with van der Waals surface area (Å²) in [6.45, 7) is 7.34. The maximum atomic E-state index is 11.7. The first-order valence-corrected chi connectivity index (χ1v) is 5.09. The number of carbonyl (C=O) groups excluding carboxylic acids is 1. The van der Waals surface area contributed by atoms with Gasteiger partial charge in [0.25, 0.3) is 0 Å². The molecule has 1 unspecified atom stereocenters. The highest BCUT2D eigenvalue weighted by atomic mass is 16.2. The number of hydrogen-bond acceptors (Lipinski definition) is 2. The molecule has 2 aliphatic heterocycles. The van der Waals surface area contributed by atoms with E-state index >= 15 is 0 Å². The lowest BCUT2D eigenvalue weighted by molar-refractivity contribution is -0.129. The lowest BCUT2D eigenvalue weighted by Gasteiger charge is -2.25. The van der Waals surface area contributed by atoms with Crippen molar-refractivity contribution < 1.29 is 4.79 Å². The van der Waals surface area contributed by atoms with Crippen molar-refractivity contribution in [3.8, 4) is 0 Å². The first-order valence-electron chi connectivity index (χ1n) is 5.09. The third-order valence-electron chi connectivity index (χ3n) is 3.02. The van der Waals surface area contributed by atoms with E-state index < -0.39 is 0 Å². The summed E-state index contributed by atoms with van der Waals surface area (Å²) in [7, 11) is 0. The summed E-state index contributed by atoms with van der Waals surface area (Å²) in [5.74, 6) is 0.346. The summed E-state index contributed by atoms with van der Waals surface area (Å²) >= 11 is 0. The molecule has 0 aromatic rings. The van der Waals surface area contributed by atoms with Gasteiger partial charge < -0.3 is 10.2 Å². The van der Waals surface area contributed by atoms with Gasteiger partial charge in [-0.25, -0.2) is 0 Å². The largest absolute Gasteiger partial charge is 0.338 e. The van der Waals surface area contributed by atoms with Gasteiger partial charge in [0, 0.05) is 25.6 Å². The van der Waals surface area contributed by atoms with Crippen LogP contribution in [0.5, 0.6) is 0 Å². The fourth-order valence-corrected chi connectivity index (χ4v) is 2.35. The highest BCUT2D eigenvalue weighted by molar-refractivity contribution is 5.79. The van der Waals surface area contributed by atoms with E-state index in [1.165, 1.54) is 0 Å². The van der Waals surface area contributed by atoms with Gasteiger partial charge >= 0.3 is 0 Å². The number of likely N-dealkylation sites (tertiary alicyclic amines) is 1. The van der Waals surface area contributed by atoms with E-state index in [2.05, 4.69) is 24.1 Å². The van der Waals surface area contributed by atoms with Gasteiger partial charge in [-0.15, -0.1) is 0 Å². The number of rotatable bonds is 1. The van der Waals surface area contributed by atoms with Crippen molar-refractivity contribution in [1.29, 1.82) is 0 Å². The second kappa shape index (κ2) is 2.98. The normalized spacial score (nSPS) is 32.9. The first kappa shape index (κ1) is 9.00. The van der Waals surface area contributed by atoms with Crippen LogP contribution >= 0.6 is 0 Å². The zero-order chi connectivity index (χ0) is 9.47. The average Bonchev–Trinajstić information content (AvgIpc) is 2.56. The molecule has 1 amide bonds. The van der Waals surface area contributed by atoms with Crippen LogP contribution in [0.4, 0.5) is 0 Å². The molecule has 13 heavy (non-hydrogen) atoms. The Morgan fingerprint density at radius 2 is 2.31 bits per heavy atom. The standard InChI is InChI=1S/C10H18N2O/c1-10(2)5-9(13)12(7-10)8-3-4-11-6-8/h8,11H,3-7H2,1-2H3. The zero-order valence-corrected chi connectivity index (χ0v) is 8.47. The van der Waals surface area contributed by atoms with Crippen LogP contribution in [0.15, 0.2) is 0 Å². The number of amides is 1. The second-order valence-corrected chi connectivity index (χ2v) is 5.01. The van der Waals surface area contributed by atoms with Crippen LogP contribution in [0.2, 0.25) is 0 Å². The van der Waals surface area contributed by atoms with Crippen LogP contribution in [-0.2, 0) is 4.79 Å². The Labute approximate surface area is 79.5 Å². The van der Waals surface area contributed by atoms with Gasteiger partial charge in [0.15, 0.2) is 0 Å². The number of hydrogen-bond donors (Lipinski definition) is 1. The topological polar surface area (TPSA) is 32.3 Å². The molecular weight excluding hydrogens is 164 g/mol. The maximum absolute atomic E-state index is 11.7. The Bertz CT molecular complexity index is 219. The third kappa shape index (κ3) is 1.70. The molecule has 2 heterocycles. The number of nitrogens with zero attached hydrogens (tertiary/aromatic N) is 1. The van der Waals surface area contributed by atoms with Gasteiger partial charge in [-0.2, -0.15) is 0 Å². The SMILES string of the molecule is CC1(C)CC(=O)N(C2CCNC2)C1. The predicted molar refractivity (Wildman–Crippen MR) is 51.4 cm³/mol. The molecule has 2 aliphatic rings. The summed E-state index contributed by atoms with van der Waals surface area (Å²) in [6, 6.07) is 0.467. The molecule has 0 bridgehead atoms. The van der Waals surface area contributed by atoms with Crippen molar-refractivity contribution >= 4 is 5.91 Å². The molecule has 1 N–H and O–H groups in total. The molecular formula is C10H18N2O. The molecule has 3 heteroatoms. The van der Waals surface area contributed by atoms with E-state index in [0.29, 0.717) is 11.9 Å². The lowest BCUT2D eigenvalue weighted by atomic mass is 9.93. The minimum Gasteiger partial charge on any atom is -0.338 e. The second-order valence-electron chi connectivity index (χ2n) is 5.01. The molecule has 0 aromatic heterocycles. The Balaban J connectivity index is 2.04. The van der Waals surface area contributed by atoms with Crippen molar-refractivity contribution in [2.24, 2.45) is 5.41 Å². The fourth-order valence-electron chi connectivity index (χ4n) is 2.35. The van der Waals surface area contributed by atoms with Crippen LogP contribution in [0.1, 0.15) is 26.7 Å². The molecule has 0 aromatic carbocycles. The predicted octanol–water partition coefficient (Wildman–Crippen LogP) is 0.607. The van der Waals surface area contributed by atoms with E-state index in [1.54, 1.807) is 0 Å². The van der Waals surface area contributed by atoms with E-state index in [1.807, 2.05) is 0 Å². The molecule has 2 fully saturated rings. The highest BCUT2D eigenvalue weighted by Gasteiger charge is 2.39. The zero-order valence-electron chi connectivity index (χ0n) is 8.47. The third-order valence-corrected chi connectivity index (χ3v) is 3.02. The molecule has 0 aliphatic carbocycles. The summed E-state index contributed by atoms with van der Waals surface area (Å²) < 4.78 is 0. The molecule has 1 atom stereocenters. The van der Waals surface area contributed by atoms with E-state index in [4.69, 9.17) is 0 Å². The van der Waals surface area contributed by atoms with Crippen LogP contribution in [0.25, 0.3) is 0 Å². The monoisotopic (exact) mass is 182 g/mol. The Morgan fingerprint density at radius 1 is 1.54 bits per heavy atom. The van der Waals surface area contributed by atoms with E-state index in [-0.39, 0.29) is 5.41 Å². The van der Waals surface area contributed by atoms with Crippen molar-refractivity contribution in [3.05, 3.63) is 0 Å². The van der Waals surface area contributed by atoms with Crippen LogP contribution < -0.4 is 5.32 Å². The van der Waals surface area contributed by atoms with E-state index in [0.717, 1.165) is 32.5 Å². The summed E-state index contributed by atoms with van der Waals surface area (Å²) in [4.78, 5) is 13.7. The van der Waals surface area contributed by atoms with Crippen LogP contribution in [0.3, 0.4) is 0 Å². The molecule has 2 saturated heterocycles. The summed E-state index contributed by atoms with van der Waals surface area (Å²) in [5, 5.41) is 3.30. The van der Waals surface area contributed by atoms with Crippen molar-refractivity contribution in [2.75, 3.05) is 19.6 Å². The maximum Gasteiger partial charge on any atom is 0.223 e. The van der Waals surface area contributed by atoms with Crippen LogP contribution in [0, 0.1) is 5.41 Å². The van der Waals surface area contributed by atoms with E-state index in [9.17, 15) is 4.79 Å². The lowest BCUT2D eigenvalue weighted by Crippen LogP contribution is -2.38. The first-order chi connectivity index (χ1) is 6.08. The van der Waals surface area contributed by atoms with Gasteiger partial charge in [-0.05, 0) is 18.4 Å². The Morgan fingerprint density at radius 3 is 2.77 bits per heavy atom. The van der Waals surface area contributed by atoms with Crippen molar-refractivity contribution in [1.82, 2.24) is 10.2 Å². The van der Waals surface area contributed by atoms with Gasteiger partial charge in [-0.1, -0.05) is 13.8 Å². The molecule has 74 valence electrons. The smallest absolute Gasteiger partial charge is 0.223 e. The van der Waals surface area contributed by atoms with Gasteiger partial charge in [0.05, 0.1) is 0 Å². The minimum absolute atomic E-state index is 0.194. The van der Waals surface area contributed by atoms with Gasteiger partial charge in [-0.3, -0.25) is 4.79 Å². The fraction of sp³-hybridized carbons (Fsp3) is 0.900. The quantitative estimate of drug-likeness (QED) is 0.644. The molecule has 3 nitrogen and oxygen atoms in total. The summed E-state index contributed by atoms with van der Waals surface area (Å²) in [6.07, 6.45) is 1.85. The van der Waals surface area contributed by atoms with Crippen LogP contribution in [-0.4, -0.2) is 36.5 Å². The Hall–Kier alpha value is -0.570. The molecule has 0 saturated carbocycles. The number of carbonyl (C=O) groups is 1. The van der Waals surface area contributed by atoms with Crippen molar-refractivity contribution in [3.63, 3.8) is 0 Å². The average molecular weight is 182 g/mol. The highest BCUT2D eigenvalue weighted by Crippen LogP contribution is 2.32. The summed E-state index contributed by atoms with van der Waals surface area (Å²) in [5.41, 5.74) is 0.194. The molecule has 0 radical (unpaired) electrons. The molecule has 2 rings (SSSR count).